The van der Waals surface area contributed by atoms with Gasteiger partial charge in [0.25, 0.3) is 5.69 Å². The molecule has 7 nitrogen and oxygen atoms in total. The van der Waals surface area contributed by atoms with Gasteiger partial charge in [0.2, 0.25) is 0 Å². The maximum atomic E-state index is 12.4. The van der Waals surface area contributed by atoms with Crippen molar-refractivity contribution in [1.82, 2.24) is 4.90 Å². The molecule has 0 fully saturated rings. The molecule has 8 heteroatoms. The molecule has 0 aliphatic rings. The number of rotatable bonds is 6. The number of amides is 2. The lowest BCUT2D eigenvalue weighted by Crippen LogP contribution is -2.36. The summed E-state index contributed by atoms with van der Waals surface area (Å²) in [7, 11) is 0. The molecule has 0 aliphatic heterocycles. The Bertz CT molecular complexity index is 725. The molecule has 2 N–H and O–H groups in total. The summed E-state index contributed by atoms with van der Waals surface area (Å²) in [5, 5.41) is 22.6. The fraction of sp³-hybridized carbons (Fsp3) is 0.188. The minimum absolute atomic E-state index is 0.00509. The van der Waals surface area contributed by atoms with E-state index in [0.29, 0.717) is 6.54 Å². The number of halogens is 1. The molecule has 0 unspecified atom stereocenters. The number of benzene rings is 2. The SMILES string of the molecule is O=C(Nc1ccc(Cl)c([N+](=O)[O-])c1)N(CCO)Cc1ccccc1. The fourth-order valence-corrected chi connectivity index (χ4v) is 2.30. The van der Waals surface area contributed by atoms with E-state index in [1.807, 2.05) is 30.3 Å². The third-order valence-electron chi connectivity index (χ3n) is 3.27. The van der Waals surface area contributed by atoms with Gasteiger partial charge in [-0.25, -0.2) is 4.79 Å². The summed E-state index contributed by atoms with van der Waals surface area (Å²) in [6.07, 6.45) is 0. The zero-order chi connectivity index (χ0) is 17.5. The summed E-state index contributed by atoms with van der Waals surface area (Å²) in [6, 6.07) is 12.9. The van der Waals surface area contributed by atoms with Crippen LogP contribution in [0.5, 0.6) is 0 Å². The number of hydrogen-bond acceptors (Lipinski definition) is 4. The van der Waals surface area contributed by atoms with E-state index in [1.54, 1.807) is 0 Å². The number of aliphatic hydroxyl groups excluding tert-OH is 1. The Morgan fingerprint density at radius 1 is 1.25 bits per heavy atom. The number of urea groups is 1. The van der Waals surface area contributed by atoms with Crippen molar-refractivity contribution in [3.8, 4) is 0 Å². The average Bonchev–Trinajstić information content (AvgIpc) is 2.57. The van der Waals surface area contributed by atoms with Crippen molar-refractivity contribution in [1.29, 1.82) is 0 Å². The summed E-state index contributed by atoms with van der Waals surface area (Å²) >= 11 is 5.75. The highest BCUT2D eigenvalue weighted by Gasteiger charge is 2.17. The molecule has 0 aromatic heterocycles. The maximum absolute atomic E-state index is 12.4. The molecule has 0 bridgehead atoms. The lowest BCUT2D eigenvalue weighted by molar-refractivity contribution is -0.384. The van der Waals surface area contributed by atoms with Crippen molar-refractivity contribution >= 4 is 29.0 Å². The van der Waals surface area contributed by atoms with Crippen LogP contribution in [0.25, 0.3) is 0 Å². The summed E-state index contributed by atoms with van der Waals surface area (Å²) in [5.74, 6) is 0. The van der Waals surface area contributed by atoms with Crippen LogP contribution >= 0.6 is 11.6 Å². The predicted octanol–water partition coefficient (Wildman–Crippen LogP) is 3.27. The highest BCUT2D eigenvalue weighted by molar-refractivity contribution is 6.32. The van der Waals surface area contributed by atoms with Gasteiger partial charge >= 0.3 is 6.03 Å². The van der Waals surface area contributed by atoms with Gasteiger partial charge in [-0.2, -0.15) is 0 Å². The van der Waals surface area contributed by atoms with Gasteiger partial charge in [0.15, 0.2) is 0 Å². The Hall–Kier alpha value is -2.64. The Morgan fingerprint density at radius 2 is 1.96 bits per heavy atom. The van der Waals surface area contributed by atoms with Crippen LogP contribution in [0.3, 0.4) is 0 Å². The quantitative estimate of drug-likeness (QED) is 0.618. The van der Waals surface area contributed by atoms with Gasteiger partial charge in [0.1, 0.15) is 5.02 Å². The van der Waals surface area contributed by atoms with Crippen LogP contribution in [0.15, 0.2) is 48.5 Å². The van der Waals surface area contributed by atoms with E-state index in [-0.39, 0.29) is 29.5 Å². The largest absolute Gasteiger partial charge is 0.395 e. The van der Waals surface area contributed by atoms with E-state index in [0.717, 1.165) is 5.56 Å². The van der Waals surface area contributed by atoms with Crippen LogP contribution in [0.4, 0.5) is 16.2 Å². The number of carbonyl (C=O) groups excluding carboxylic acids is 1. The number of nitrogens with zero attached hydrogens (tertiary/aromatic N) is 2. The second-order valence-electron chi connectivity index (χ2n) is 4.98. The number of nitro groups is 1. The highest BCUT2D eigenvalue weighted by atomic mass is 35.5. The molecule has 2 aromatic rings. The Balaban J connectivity index is 2.13. The molecule has 2 amide bonds. The minimum Gasteiger partial charge on any atom is -0.395 e. The fourth-order valence-electron chi connectivity index (χ4n) is 2.11. The molecule has 126 valence electrons. The van der Waals surface area contributed by atoms with E-state index >= 15 is 0 Å². The van der Waals surface area contributed by atoms with Crippen molar-refractivity contribution in [2.75, 3.05) is 18.5 Å². The average molecular weight is 350 g/mol. The molecular weight excluding hydrogens is 334 g/mol. The molecule has 0 saturated carbocycles. The van der Waals surface area contributed by atoms with Gasteiger partial charge in [-0.3, -0.25) is 10.1 Å². The summed E-state index contributed by atoms with van der Waals surface area (Å²) < 4.78 is 0. The predicted molar refractivity (Wildman–Crippen MR) is 91.1 cm³/mol. The summed E-state index contributed by atoms with van der Waals surface area (Å²) in [6.45, 7) is 0.250. The Labute approximate surface area is 143 Å². The second kappa shape index (κ2) is 8.28. The smallest absolute Gasteiger partial charge is 0.322 e. The number of carbonyl (C=O) groups is 1. The number of nitro benzene ring substituents is 1. The molecule has 2 aromatic carbocycles. The van der Waals surface area contributed by atoms with Crippen molar-refractivity contribution in [2.24, 2.45) is 0 Å². The van der Waals surface area contributed by atoms with Crippen LogP contribution in [-0.4, -0.2) is 34.1 Å². The first-order valence-electron chi connectivity index (χ1n) is 7.16. The van der Waals surface area contributed by atoms with Gasteiger partial charge in [0, 0.05) is 24.8 Å². The normalized spacial score (nSPS) is 10.2. The number of aliphatic hydroxyl groups is 1. The molecule has 24 heavy (non-hydrogen) atoms. The third-order valence-corrected chi connectivity index (χ3v) is 3.59. The number of anilines is 1. The van der Waals surface area contributed by atoms with Crippen molar-refractivity contribution in [2.45, 2.75) is 6.54 Å². The first-order valence-corrected chi connectivity index (χ1v) is 7.53. The van der Waals surface area contributed by atoms with Gasteiger partial charge in [-0.05, 0) is 17.7 Å². The molecule has 0 radical (unpaired) electrons. The van der Waals surface area contributed by atoms with Crippen LogP contribution in [-0.2, 0) is 6.54 Å². The van der Waals surface area contributed by atoms with E-state index in [4.69, 9.17) is 16.7 Å². The monoisotopic (exact) mass is 349 g/mol. The standard InChI is InChI=1S/C16H16ClN3O4/c17-14-7-6-13(10-15(14)20(23)24)18-16(22)19(8-9-21)11-12-4-2-1-3-5-12/h1-7,10,21H,8-9,11H2,(H,18,22). The van der Waals surface area contributed by atoms with Crippen LogP contribution < -0.4 is 5.32 Å². The minimum atomic E-state index is -0.618. The first kappa shape index (κ1) is 17.7. The lowest BCUT2D eigenvalue weighted by atomic mass is 10.2. The summed E-state index contributed by atoms with van der Waals surface area (Å²) in [4.78, 5) is 24.1. The number of nitrogens with one attached hydrogen (secondary N) is 1. The zero-order valence-corrected chi connectivity index (χ0v) is 13.4. The third kappa shape index (κ3) is 4.68. The molecular formula is C16H16ClN3O4. The topological polar surface area (TPSA) is 95.7 Å². The molecule has 2 rings (SSSR count). The van der Waals surface area contributed by atoms with Gasteiger partial charge in [0.05, 0.1) is 11.5 Å². The van der Waals surface area contributed by atoms with Crippen molar-refractivity contribution < 1.29 is 14.8 Å². The number of hydrogen-bond donors (Lipinski definition) is 2. The lowest BCUT2D eigenvalue weighted by Gasteiger charge is -2.22. The second-order valence-corrected chi connectivity index (χ2v) is 5.39. The van der Waals surface area contributed by atoms with Gasteiger partial charge in [-0.15, -0.1) is 0 Å². The zero-order valence-electron chi connectivity index (χ0n) is 12.7. The van der Waals surface area contributed by atoms with E-state index in [2.05, 4.69) is 5.32 Å². The van der Waals surface area contributed by atoms with E-state index in [9.17, 15) is 14.9 Å². The van der Waals surface area contributed by atoms with E-state index < -0.39 is 11.0 Å². The van der Waals surface area contributed by atoms with Crippen molar-refractivity contribution in [3.63, 3.8) is 0 Å². The maximum Gasteiger partial charge on any atom is 0.322 e. The van der Waals surface area contributed by atoms with Crippen LogP contribution in [0.2, 0.25) is 5.02 Å². The highest BCUT2D eigenvalue weighted by Crippen LogP contribution is 2.27. The molecule has 0 spiro atoms. The van der Waals surface area contributed by atoms with Gasteiger partial charge < -0.3 is 15.3 Å². The molecule has 0 aliphatic carbocycles. The van der Waals surface area contributed by atoms with Crippen LogP contribution in [0, 0.1) is 10.1 Å². The van der Waals surface area contributed by atoms with Gasteiger partial charge in [-0.1, -0.05) is 41.9 Å². The molecule has 0 atom stereocenters. The van der Waals surface area contributed by atoms with Crippen LogP contribution in [0.1, 0.15) is 5.56 Å². The Morgan fingerprint density at radius 3 is 2.58 bits per heavy atom. The molecule has 0 heterocycles. The Kier molecular flexibility index (Phi) is 6.11. The molecule has 0 saturated heterocycles. The summed E-state index contributed by atoms with van der Waals surface area (Å²) in [5.41, 5.74) is 0.876. The van der Waals surface area contributed by atoms with E-state index in [1.165, 1.54) is 23.1 Å². The van der Waals surface area contributed by atoms with Crippen molar-refractivity contribution in [3.05, 3.63) is 69.2 Å². The first-order chi connectivity index (χ1) is 11.5.